The summed E-state index contributed by atoms with van der Waals surface area (Å²) in [6.45, 7) is 0.0241. The molecule has 23 heavy (non-hydrogen) atoms. The number of fused-ring (bicyclic) bond motifs is 1. The largest absolute Gasteiger partial charge is 0.351 e. The molecule has 0 fully saturated rings. The maximum Gasteiger partial charge on any atom is 0.250 e. The molecule has 0 saturated heterocycles. The number of nitrogens with zero attached hydrogens (tertiary/aromatic N) is 2. The molecule has 2 aromatic rings. The highest BCUT2D eigenvalue weighted by Crippen LogP contribution is 2.19. The van der Waals surface area contributed by atoms with Crippen molar-refractivity contribution >= 4 is 5.91 Å². The van der Waals surface area contributed by atoms with Crippen LogP contribution < -0.4 is 16.4 Å². The molecule has 2 heterocycles. The summed E-state index contributed by atoms with van der Waals surface area (Å²) in [6.07, 6.45) is 3.87. The molecule has 1 atom stereocenters. The lowest BCUT2D eigenvalue weighted by molar-refractivity contribution is -0.122. The van der Waals surface area contributed by atoms with Gasteiger partial charge in [0.2, 0.25) is 11.5 Å². The van der Waals surface area contributed by atoms with E-state index in [4.69, 9.17) is 0 Å². The first-order valence-electron chi connectivity index (χ1n) is 7.67. The van der Waals surface area contributed by atoms with Crippen molar-refractivity contribution in [1.29, 1.82) is 0 Å². The first-order valence-corrected chi connectivity index (χ1v) is 7.67. The van der Waals surface area contributed by atoms with Gasteiger partial charge in [-0.15, -0.1) is 0 Å². The predicted molar refractivity (Wildman–Crippen MR) is 86.3 cm³/mol. The molecule has 1 aliphatic carbocycles. The van der Waals surface area contributed by atoms with Gasteiger partial charge < -0.3 is 14.5 Å². The van der Waals surface area contributed by atoms with E-state index < -0.39 is 0 Å². The smallest absolute Gasteiger partial charge is 0.250 e. The lowest BCUT2D eigenvalue weighted by atomic mass is 9.91. The Morgan fingerprint density at radius 1 is 1.22 bits per heavy atom. The maximum absolute atomic E-state index is 12.1. The summed E-state index contributed by atoms with van der Waals surface area (Å²) in [5, 5.41) is 2.98. The maximum atomic E-state index is 12.1. The Morgan fingerprint density at radius 3 is 2.83 bits per heavy atom. The minimum atomic E-state index is -0.188. The molecule has 0 radical (unpaired) electrons. The molecule has 1 aliphatic rings. The molecule has 1 amide bonds. The molecule has 0 aromatic carbocycles. The average Bonchev–Trinajstić information content (AvgIpc) is 2.53. The van der Waals surface area contributed by atoms with Crippen molar-refractivity contribution < 1.29 is 4.79 Å². The number of carbonyl (C=O) groups excluding carboxylic acids is 1. The van der Waals surface area contributed by atoms with E-state index >= 15 is 0 Å². The van der Waals surface area contributed by atoms with Crippen LogP contribution in [0.5, 0.6) is 0 Å². The molecular formula is C17H19N3O3. The standard InChI is InChI=1S/C17H19N3O3/c1-19-14-7-6-13(10-12(14)5-8-16(19)22)18-15(21)11-20-9-3-2-4-17(20)23/h2-5,8-9,13H,6-7,10-11H2,1H3,(H,18,21). The number of aromatic nitrogens is 2. The highest BCUT2D eigenvalue weighted by atomic mass is 16.2. The fraction of sp³-hybridized carbons (Fsp3) is 0.353. The zero-order valence-corrected chi connectivity index (χ0v) is 13.0. The second-order valence-corrected chi connectivity index (χ2v) is 5.88. The van der Waals surface area contributed by atoms with E-state index in [0.717, 1.165) is 24.1 Å². The summed E-state index contributed by atoms with van der Waals surface area (Å²) in [5.74, 6) is -0.170. The van der Waals surface area contributed by atoms with Crippen LogP contribution in [0.25, 0.3) is 0 Å². The minimum Gasteiger partial charge on any atom is -0.351 e. The Bertz CT molecular complexity index is 851. The highest BCUT2D eigenvalue weighted by Gasteiger charge is 2.22. The Morgan fingerprint density at radius 2 is 2.04 bits per heavy atom. The number of amides is 1. The first kappa shape index (κ1) is 15.3. The van der Waals surface area contributed by atoms with Gasteiger partial charge in [-0.1, -0.05) is 12.1 Å². The van der Waals surface area contributed by atoms with Gasteiger partial charge >= 0.3 is 0 Å². The van der Waals surface area contributed by atoms with E-state index in [1.807, 2.05) is 6.07 Å². The molecule has 0 aliphatic heterocycles. The Hall–Kier alpha value is -2.63. The van der Waals surface area contributed by atoms with Gasteiger partial charge in [-0.25, -0.2) is 0 Å². The van der Waals surface area contributed by atoms with Crippen molar-refractivity contribution in [1.82, 2.24) is 14.5 Å². The lowest BCUT2D eigenvalue weighted by Crippen LogP contribution is -2.42. The van der Waals surface area contributed by atoms with Gasteiger partial charge in [0.25, 0.3) is 5.56 Å². The Kier molecular flexibility index (Phi) is 4.14. The minimum absolute atomic E-state index is 0.00492. The topological polar surface area (TPSA) is 73.1 Å². The van der Waals surface area contributed by atoms with E-state index in [2.05, 4.69) is 5.32 Å². The number of hydrogen-bond donors (Lipinski definition) is 1. The predicted octanol–water partition coefficient (Wildman–Crippen LogP) is 0.221. The lowest BCUT2D eigenvalue weighted by Gasteiger charge is -2.26. The third kappa shape index (κ3) is 3.26. The SMILES string of the molecule is Cn1c2c(ccc1=O)CC(NC(=O)Cn1ccccc1=O)CC2. The van der Waals surface area contributed by atoms with Gasteiger partial charge in [-0.3, -0.25) is 14.4 Å². The molecule has 120 valence electrons. The van der Waals surface area contributed by atoms with Crippen LogP contribution in [0.1, 0.15) is 17.7 Å². The third-order valence-electron chi connectivity index (χ3n) is 4.31. The molecule has 0 spiro atoms. The van der Waals surface area contributed by atoms with Crippen molar-refractivity contribution in [3.63, 3.8) is 0 Å². The average molecular weight is 313 g/mol. The van der Waals surface area contributed by atoms with Gasteiger partial charge in [-0.05, 0) is 30.9 Å². The zero-order valence-electron chi connectivity index (χ0n) is 13.0. The molecule has 0 saturated carbocycles. The first-order chi connectivity index (χ1) is 11.0. The summed E-state index contributed by atoms with van der Waals surface area (Å²) in [7, 11) is 1.78. The molecule has 1 unspecified atom stereocenters. The van der Waals surface area contributed by atoms with Gasteiger partial charge in [0.05, 0.1) is 0 Å². The van der Waals surface area contributed by atoms with Crippen LogP contribution >= 0.6 is 0 Å². The van der Waals surface area contributed by atoms with Crippen molar-refractivity contribution in [3.05, 3.63) is 68.5 Å². The van der Waals surface area contributed by atoms with Crippen molar-refractivity contribution in [2.75, 3.05) is 0 Å². The van der Waals surface area contributed by atoms with Crippen molar-refractivity contribution in [2.45, 2.75) is 31.8 Å². The second kappa shape index (κ2) is 6.24. The molecule has 3 rings (SSSR count). The molecule has 1 N–H and O–H groups in total. The van der Waals surface area contributed by atoms with Gasteiger partial charge in [-0.2, -0.15) is 0 Å². The molecular weight excluding hydrogens is 294 g/mol. The third-order valence-corrected chi connectivity index (χ3v) is 4.31. The summed E-state index contributed by atoms with van der Waals surface area (Å²) in [6, 6.07) is 8.26. The van der Waals surface area contributed by atoms with E-state index in [9.17, 15) is 14.4 Å². The monoisotopic (exact) mass is 313 g/mol. The zero-order chi connectivity index (χ0) is 16.4. The summed E-state index contributed by atoms with van der Waals surface area (Å²) in [5.41, 5.74) is 1.95. The fourth-order valence-corrected chi connectivity index (χ4v) is 3.06. The van der Waals surface area contributed by atoms with E-state index in [-0.39, 0.29) is 29.6 Å². The number of rotatable bonds is 3. The quantitative estimate of drug-likeness (QED) is 0.881. The van der Waals surface area contributed by atoms with Crippen LogP contribution in [0.15, 0.2) is 46.1 Å². The van der Waals surface area contributed by atoms with Gasteiger partial charge in [0.1, 0.15) is 6.54 Å². The second-order valence-electron chi connectivity index (χ2n) is 5.88. The molecule has 2 aromatic heterocycles. The number of hydrogen-bond acceptors (Lipinski definition) is 3. The number of nitrogens with one attached hydrogen (secondary N) is 1. The molecule has 6 nitrogen and oxygen atoms in total. The van der Waals surface area contributed by atoms with Crippen molar-refractivity contribution in [2.24, 2.45) is 7.05 Å². The van der Waals surface area contributed by atoms with Crippen LogP contribution in [-0.2, 0) is 31.2 Å². The fourth-order valence-electron chi connectivity index (χ4n) is 3.06. The van der Waals surface area contributed by atoms with E-state index in [1.165, 1.54) is 10.6 Å². The summed E-state index contributed by atoms with van der Waals surface area (Å²) >= 11 is 0. The number of pyridine rings is 2. The van der Waals surface area contributed by atoms with Gasteiger partial charge in [0, 0.05) is 37.1 Å². The van der Waals surface area contributed by atoms with Gasteiger partial charge in [0.15, 0.2) is 0 Å². The molecule has 0 bridgehead atoms. The Labute approximate surface area is 133 Å². The van der Waals surface area contributed by atoms with Crippen LogP contribution in [0, 0.1) is 0 Å². The van der Waals surface area contributed by atoms with Crippen LogP contribution in [-0.4, -0.2) is 21.1 Å². The summed E-state index contributed by atoms with van der Waals surface area (Å²) < 4.78 is 3.06. The Balaban J connectivity index is 1.67. The molecule has 6 heteroatoms. The highest BCUT2D eigenvalue weighted by molar-refractivity contribution is 5.76. The number of carbonyl (C=O) groups is 1. The van der Waals surface area contributed by atoms with E-state index in [0.29, 0.717) is 6.42 Å². The normalized spacial score (nSPS) is 16.7. The van der Waals surface area contributed by atoms with Crippen LogP contribution in [0.2, 0.25) is 0 Å². The van der Waals surface area contributed by atoms with Crippen LogP contribution in [0.4, 0.5) is 0 Å². The van der Waals surface area contributed by atoms with E-state index in [1.54, 1.807) is 36.0 Å². The summed E-state index contributed by atoms with van der Waals surface area (Å²) in [4.78, 5) is 35.4. The van der Waals surface area contributed by atoms with Crippen LogP contribution in [0.3, 0.4) is 0 Å². The van der Waals surface area contributed by atoms with Crippen molar-refractivity contribution in [3.8, 4) is 0 Å².